The van der Waals surface area contributed by atoms with Gasteiger partial charge in [0.2, 0.25) is 32.7 Å². The van der Waals surface area contributed by atoms with Crippen molar-refractivity contribution in [3.8, 4) is 17.3 Å². The van der Waals surface area contributed by atoms with Gasteiger partial charge in [-0.15, -0.1) is 0 Å². The molecule has 20 heteroatoms. The maximum Gasteiger partial charge on any atom is 0.416 e. The molecule has 15 nitrogen and oxygen atoms in total. The van der Waals surface area contributed by atoms with Crippen LogP contribution >= 0.6 is 11.6 Å². The predicted molar refractivity (Wildman–Crippen MR) is 220 cm³/mol. The highest BCUT2D eigenvalue weighted by molar-refractivity contribution is 7.91. The number of carbonyl (C=O) groups excluding carboxylic acids is 3. The Kier molecular flexibility index (Phi) is 10.8. The molecule has 2 saturated carbocycles. The zero-order valence-corrected chi connectivity index (χ0v) is 34.5. The summed E-state index contributed by atoms with van der Waals surface area (Å²) in [6, 6.07) is 10.8. The molecule has 0 radical (unpaired) electrons. The Labute approximate surface area is 357 Å². The third-order valence-electron chi connectivity index (χ3n) is 11.7. The van der Waals surface area contributed by atoms with Gasteiger partial charge < -0.3 is 24.7 Å². The summed E-state index contributed by atoms with van der Waals surface area (Å²) < 4.78 is 81.2. The summed E-state index contributed by atoms with van der Waals surface area (Å²) in [6.07, 6.45) is 3.84. The van der Waals surface area contributed by atoms with Crippen molar-refractivity contribution in [2.24, 2.45) is 5.92 Å². The monoisotopic (exact) mass is 892 g/mol. The molecule has 2 aliphatic carbocycles. The van der Waals surface area contributed by atoms with E-state index in [1.807, 2.05) is 12.2 Å². The summed E-state index contributed by atoms with van der Waals surface area (Å²) in [5.41, 5.74) is -1.25. The van der Waals surface area contributed by atoms with Gasteiger partial charge in [0, 0.05) is 29.5 Å². The third kappa shape index (κ3) is 8.39. The van der Waals surface area contributed by atoms with Crippen molar-refractivity contribution in [1.82, 2.24) is 34.9 Å². The van der Waals surface area contributed by atoms with Gasteiger partial charge in [-0.3, -0.25) is 19.1 Å². The van der Waals surface area contributed by atoms with E-state index in [-0.39, 0.29) is 53.3 Å². The van der Waals surface area contributed by atoms with Crippen molar-refractivity contribution in [2.45, 2.75) is 92.9 Å². The minimum Gasteiger partial charge on any atom is -0.470 e. The predicted octanol–water partition coefficient (Wildman–Crippen LogP) is 6.34. The zero-order chi connectivity index (χ0) is 43.4. The van der Waals surface area contributed by atoms with Crippen LogP contribution in [0.5, 0.6) is 5.88 Å². The van der Waals surface area contributed by atoms with Crippen LogP contribution in [0.25, 0.3) is 33.5 Å². The van der Waals surface area contributed by atoms with E-state index in [2.05, 4.69) is 35.3 Å². The van der Waals surface area contributed by atoms with E-state index in [0.717, 1.165) is 25.0 Å². The molecule has 0 unspecified atom stereocenters. The second kappa shape index (κ2) is 16.1. The number of ether oxygens (including phenoxy) is 1. The maximum absolute atomic E-state index is 14.8. The number of carbonyl (C=O) groups is 3. The number of anilines is 1. The van der Waals surface area contributed by atoms with Crippen molar-refractivity contribution in [2.75, 3.05) is 11.9 Å². The SMILES string of the molecule is O=C1N[C@]2(C(=O)NS(=O)(=O)C3CC3)C[C@H]2/C=C\CCCCC[C@H](Nc2ccnc(Cl)n2)C(=O)N2C[C@H](Oc3nc(-c4ccc(C(F)(F)F)cc4)nc4c3oc3ccccc34)C[C@@H]12. The van der Waals surface area contributed by atoms with E-state index in [4.69, 9.17) is 20.8 Å². The van der Waals surface area contributed by atoms with Gasteiger partial charge in [0.25, 0.3) is 11.8 Å². The summed E-state index contributed by atoms with van der Waals surface area (Å²) in [5.74, 6) is -2.24. The van der Waals surface area contributed by atoms with Crippen LogP contribution in [0.15, 0.2) is 77.4 Å². The van der Waals surface area contributed by atoms with Crippen LogP contribution in [0.2, 0.25) is 5.28 Å². The number of nitrogens with one attached hydrogen (secondary N) is 3. The molecule has 2 aromatic carbocycles. The molecule has 324 valence electrons. The number of nitrogens with zero attached hydrogens (tertiary/aromatic N) is 5. The normalized spacial score (nSPS) is 25.3. The van der Waals surface area contributed by atoms with Crippen molar-refractivity contribution in [1.29, 1.82) is 0 Å². The summed E-state index contributed by atoms with van der Waals surface area (Å²) in [6.45, 7) is -0.139. The second-order valence-electron chi connectivity index (χ2n) is 16.1. The van der Waals surface area contributed by atoms with Crippen LogP contribution in [0.3, 0.4) is 0 Å². The number of alkyl halides is 3. The number of furan rings is 1. The highest BCUT2D eigenvalue weighted by Gasteiger charge is 2.62. The highest BCUT2D eigenvalue weighted by Crippen LogP contribution is 2.46. The lowest BCUT2D eigenvalue weighted by molar-refractivity contribution is -0.140. The number of aromatic nitrogens is 4. The molecule has 3 N–H and O–H groups in total. The third-order valence-corrected chi connectivity index (χ3v) is 13.7. The van der Waals surface area contributed by atoms with E-state index < -0.39 is 74.4 Å². The van der Waals surface area contributed by atoms with Crippen LogP contribution in [-0.2, 0) is 30.6 Å². The molecule has 0 bridgehead atoms. The van der Waals surface area contributed by atoms with Gasteiger partial charge in [0.15, 0.2) is 5.82 Å². The number of hydrogen-bond acceptors (Lipinski definition) is 12. The van der Waals surface area contributed by atoms with Gasteiger partial charge in [-0.2, -0.15) is 18.2 Å². The van der Waals surface area contributed by atoms with Crippen LogP contribution in [0, 0.1) is 5.92 Å². The number of benzene rings is 2. The second-order valence-corrected chi connectivity index (χ2v) is 18.4. The summed E-state index contributed by atoms with van der Waals surface area (Å²) in [5, 5.41) is 5.91. The lowest BCUT2D eigenvalue weighted by Crippen LogP contribution is -2.57. The fourth-order valence-electron chi connectivity index (χ4n) is 8.18. The summed E-state index contributed by atoms with van der Waals surface area (Å²) in [4.78, 5) is 62.1. The fourth-order valence-corrected chi connectivity index (χ4v) is 9.69. The van der Waals surface area contributed by atoms with Crippen LogP contribution in [0.4, 0.5) is 19.0 Å². The lowest BCUT2D eigenvalue weighted by Gasteiger charge is -2.30. The Morgan fingerprint density at radius 2 is 1.79 bits per heavy atom. The quantitative estimate of drug-likeness (QED) is 0.116. The first-order chi connectivity index (χ1) is 29.7. The van der Waals surface area contributed by atoms with Gasteiger partial charge in [-0.1, -0.05) is 49.3 Å². The molecule has 5 heterocycles. The Morgan fingerprint density at radius 3 is 2.55 bits per heavy atom. The highest BCUT2D eigenvalue weighted by atomic mass is 35.5. The molecule has 0 spiro atoms. The number of fused-ring (bicyclic) bond motifs is 5. The number of rotatable bonds is 8. The molecule has 9 rings (SSSR count). The average Bonchev–Trinajstić information content (AvgIpc) is 4.14. The van der Waals surface area contributed by atoms with E-state index in [1.165, 1.54) is 23.2 Å². The topological polar surface area (TPSA) is 199 Å². The van der Waals surface area contributed by atoms with Gasteiger partial charge in [0.05, 0.1) is 17.4 Å². The number of para-hydroxylation sites is 1. The number of halogens is 4. The zero-order valence-electron chi connectivity index (χ0n) is 32.9. The average molecular weight is 893 g/mol. The van der Waals surface area contributed by atoms with Crippen LogP contribution in [-0.4, -0.2) is 86.5 Å². The Hall–Kier alpha value is -5.82. The minimum absolute atomic E-state index is 0.0399. The largest absolute Gasteiger partial charge is 0.470 e. The Balaban J connectivity index is 1.07. The molecule has 3 amide bonds. The minimum atomic E-state index is -4.56. The molecular formula is C42H40ClF3N8O7S. The fraction of sp³-hybridized carbons (Fsp3) is 0.405. The Bertz CT molecular complexity index is 2710. The van der Waals surface area contributed by atoms with Gasteiger partial charge in [-0.25, -0.2) is 23.4 Å². The number of sulfonamides is 1. The lowest BCUT2D eigenvalue weighted by atomic mass is 10.0. The van der Waals surface area contributed by atoms with E-state index in [0.29, 0.717) is 48.6 Å². The molecule has 62 heavy (non-hydrogen) atoms. The molecule has 2 aliphatic heterocycles. The first-order valence-electron chi connectivity index (χ1n) is 20.3. The van der Waals surface area contributed by atoms with Gasteiger partial charge >= 0.3 is 6.18 Å². The van der Waals surface area contributed by atoms with E-state index in [1.54, 1.807) is 30.3 Å². The number of hydrogen-bond donors (Lipinski definition) is 3. The van der Waals surface area contributed by atoms with Crippen LogP contribution < -0.4 is 20.1 Å². The number of allylic oxidation sites excluding steroid dienone is 1. The Morgan fingerprint density at radius 1 is 1.00 bits per heavy atom. The van der Waals surface area contributed by atoms with Crippen molar-refractivity contribution < 1.29 is 45.1 Å². The first-order valence-corrected chi connectivity index (χ1v) is 22.2. The molecule has 5 atom stereocenters. The van der Waals surface area contributed by atoms with E-state index in [9.17, 15) is 36.0 Å². The molecule has 3 aromatic heterocycles. The maximum atomic E-state index is 14.8. The van der Waals surface area contributed by atoms with Gasteiger partial charge in [-0.05, 0) is 80.5 Å². The molecule has 5 aromatic rings. The molecular weight excluding hydrogens is 853 g/mol. The smallest absolute Gasteiger partial charge is 0.416 e. The molecule has 1 saturated heterocycles. The van der Waals surface area contributed by atoms with Crippen molar-refractivity contribution in [3.63, 3.8) is 0 Å². The van der Waals surface area contributed by atoms with Gasteiger partial charge in [0.1, 0.15) is 40.6 Å². The van der Waals surface area contributed by atoms with E-state index >= 15 is 0 Å². The standard InChI is InChI=1S/C42H40ClF3N8O7S/c43-40-47-19-18-32(49-40)48-29-10-5-3-1-2-4-8-25-21-41(25,39(57)53-62(58,59)27-16-17-27)52-36(55)30-20-26(22-54(30)38(29)56)60-37-34-33(28-9-6-7-11-31(28)61-34)50-35(51-37)23-12-14-24(15-13-23)42(44,45)46/h4,6-9,11-15,18-19,25-27,29-30H,1-3,5,10,16-17,20-22H2,(H,52,55)(H,53,57)(H,47,48,49)/b8-4-/t25-,26-,29+,30+,41-/m1/s1. The van der Waals surface area contributed by atoms with Crippen molar-refractivity contribution >= 4 is 67.2 Å². The number of amides is 3. The molecule has 4 aliphatic rings. The van der Waals surface area contributed by atoms with Crippen LogP contribution in [0.1, 0.15) is 63.4 Å². The summed E-state index contributed by atoms with van der Waals surface area (Å²) in [7, 11) is -3.96. The summed E-state index contributed by atoms with van der Waals surface area (Å²) >= 11 is 6.09. The van der Waals surface area contributed by atoms with Crippen molar-refractivity contribution in [3.05, 3.63) is 83.8 Å². The first kappa shape index (κ1) is 41.5. The molecule has 3 fully saturated rings.